The molecule has 0 saturated carbocycles. The van der Waals surface area contributed by atoms with Crippen molar-refractivity contribution in [3.8, 4) is 0 Å². The largest absolute Gasteiger partial charge is 0.416 e. The smallest absolute Gasteiger partial charge is 0.319 e. The van der Waals surface area contributed by atoms with Crippen LogP contribution in [0.2, 0.25) is 0 Å². The Balaban J connectivity index is 2.01. The van der Waals surface area contributed by atoms with Gasteiger partial charge in [0.2, 0.25) is 0 Å². The first-order chi connectivity index (χ1) is 14.7. The predicted octanol–water partition coefficient (Wildman–Crippen LogP) is 8.30. The van der Waals surface area contributed by atoms with Gasteiger partial charge in [0.1, 0.15) is 0 Å². The molecule has 0 fully saturated rings. The van der Waals surface area contributed by atoms with Crippen molar-refractivity contribution in [1.82, 2.24) is 9.55 Å². The summed E-state index contributed by atoms with van der Waals surface area (Å²) in [7, 11) is 0. The molecular weight excluding hydrogens is 417 g/mol. The molecule has 31 heavy (non-hydrogen) atoms. The molecule has 0 N–H and O–H groups in total. The minimum absolute atomic E-state index is 0.199. The molecule has 2 aromatic carbocycles. The van der Waals surface area contributed by atoms with Crippen LogP contribution in [-0.4, -0.2) is 9.55 Å². The highest BCUT2D eigenvalue weighted by molar-refractivity contribution is 7.99. The molecule has 0 amide bonds. The van der Waals surface area contributed by atoms with Crippen LogP contribution in [0.1, 0.15) is 68.9 Å². The number of thioether (sulfide) groups is 1. The third kappa shape index (κ3) is 5.85. The number of imidazole rings is 1. The van der Waals surface area contributed by atoms with Crippen molar-refractivity contribution in [1.29, 1.82) is 0 Å². The number of hydrogen-bond acceptors (Lipinski definition) is 2. The minimum atomic E-state index is -4.37. The fraction of sp³-hybridized carbons (Fsp3) is 0.480. The third-order valence-electron chi connectivity index (χ3n) is 5.47. The van der Waals surface area contributed by atoms with Gasteiger partial charge in [0, 0.05) is 11.8 Å². The number of hydrogen-bond donors (Lipinski definition) is 0. The zero-order chi connectivity index (χ0) is 22.6. The molecule has 168 valence electrons. The van der Waals surface area contributed by atoms with Crippen LogP contribution in [-0.2, 0) is 19.1 Å². The van der Waals surface area contributed by atoms with Crippen molar-refractivity contribution in [2.45, 2.75) is 76.5 Å². The highest BCUT2D eigenvalue weighted by Gasteiger charge is 2.31. The van der Waals surface area contributed by atoms with Crippen LogP contribution < -0.4 is 0 Å². The van der Waals surface area contributed by atoms with E-state index in [0.29, 0.717) is 11.4 Å². The average molecular weight is 449 g/mol. The Hall–Kier alpha value is -1.95. The maximum absolute atomic E-state index is 13.2. The standard InChI is InChI=1S/C25H31F3N2S/c1-5-7-14-30-22-13-12-20(25(26,27)28)16-21(22)29-24(30)31-23(15-17(3)4)19-10-8-18(6-2)9-11-19/h8-13,16-17,23H,5-7,14-15H2,1-4H3. The second kappa shape index (κ2) is 10.1. The first kappa shape index (κ1) is 23.7. The Bertz CT molecular complexity index is 990. The Morgan fingerprint density at radius 3 is 2.32 bits per heavy atom. The van der Waals surface area contributed by atoms with Crippen LogP contribution in [0.5, 0.6) is 0 Å². The average Bonchev–Trinajstić information content (AvgIpc) is 3.07. The molecule has 2 nitrogen and oxygen atoms in total. The lowest BCUT2D eigenvalue weighted by atomic mass is 10.0. The van der Waals surface area contributed by atoms with E-state index in [1.165, 1.54) is 17.2 Å². The molecule has 0 spiro atoms. The molecular formula is C25H31F3N2S. The molecule has 0 bridgehead atoms. The van der Waals surface area contributed by atoms with Crippen molar-refractivity contribution >= 4 is 22.8 Å². The van der Waals surface area contributed by atoms with E-state index in [9.17, 15) is 13.2 Å². The zero-order valence-electron chi connectivity index (χ0n) is 18.7. The molecule has 3 rings (SSSR count). The van der Waals surface area contributed by atoms with Crippen LogP contribution in [0.4, 0.5) is 13.2 Å². The third-order valence-corrected chi connectivity index (χ3v) is 6.74. The predicted molar refractivity (Wildman–Crippen MR) is 124 cm³/mol. The minimum Gasteiger partial charge on any atom is -0.319 e. The fourth-order valence-electron chi connectivity index (χ4n) is 3.68. The normalized spacial score (nSPS) is 13.3. The number of nitrogens with zero attached hydrogens (tertiary/aromatic N) is 2. The van der Waals surface area contributed by atoms with Gasteiger partial charge in [-0.2, -0.15) is 13.2 Å². The van der Waals surface area contributed by atoms with Crippen molar-refractivity contribution in [2.75, 3.05) is 0 Å². The molecule has 1 heterocycles. The van der Waals surface area contributed by atoms with Gasteiger partial charge in [-0.05, 0) is 54.5 Å². The first-order valence-corrected chi connectivity index (χ1v) is 11.9. The van der Waals surface area contributed by atoms with Gasteiger partial charge in [0.25, 0.3) is 0 Å². The van der Waals surface area contributed by atoms with Gasteiger partial charge in [0.15, 0.2) is 5.16 Å². The fourth-order valence-corrected chi connectivity index (χ4v) is 5.18. The lowest BCUT2D eigenvalue weighted by Crippen LogP contribution is -2.05. The van der Waals surface area contributed by atoms with Gasteiger partial charge in [-0.3, -0.25) is 0 Å². The summed E-state index contributed by atoms with van der Waals surface area (Å²) >= 11 is 1.67. The summed E-state index contributed by atoms with van der Waals surface area (Å²) in [6, 6.07) is 12.6. The lowest BCUT2D eigenvalue weighted by Gasteiger charge is -2.20. The van der Waals surface area contributed by atoms with Gasteiger partial charge >= 0.3 is 6.18 Å². The Morgan fingerprint density at radius 2 is 1.74 bits per heavy atom. The summed E-state index contributed by atoms with van der Waals surface area (Å²) in [6.07, 6.45) is -0.425. The van der Waals surface area contributed by atoms with E-state index in [1.807, 2.05) is 0 Å². The van der Waals surface area contributed by atoms with Crippen LogP contribution >= 0.6 is 11.8 Å². The molecule has 0 radical (unpaired) electrons. The quantitative estimate of drug-likeness (QED) is 0.306. The number of halogens is 3. The molecule has 0 aliphatic carbocycles. The number of aromatic nitrogens is 2. The zero-order valence-corrected chi connectivity index (χ0v) is 19.5. The SMILES string of the molecule is CCCCn1c(SC(CC(C)C)c2ccc(CC)cc2)nc2cc(C(F)(F)F)ccc21. The van der Waals surface area contributed by atoms with Crippen molar-refractivity contribution in [3.63, 3.8) is 0 Å². The highest BCUT2D eigenvalue weighted by atomic mass is 32.2. The Morgan fingerprint density at radius 1 is 1.03 bits per heavy atom. The number of aryl methyl sites for hydroxylation is 2. The van der Waals surface area contributed by atoms with Gasteiger partial charge < -0.3 is 4.57 Å². The van der Waals surface area contributed by atoms with Crippen LogP contribution in [0.15, 0.2) is 47.6 Å². The number of fused-ring (bicyclic) bond motifs is 1. The van der Waals surface area contributed by atoms with Gasteiger partial charge in [-0.15, -0.1) is 0 Å². The van der Waals surface area contributed by atoms with E-state index < -0.39 is 11.7 Å². The molecule has 3 aromatic rings. The summed E-state index contributed by atoms with van der Waals surface area (Å²) in [5.41, 5.74) is 3.07. The molecule has 1 atom stereocenters. The van der Waals surface area contributed by atoms with E-state index in [4.69, 9.17) is 0 Å². The first-order valence-electron chi connectivity index (χ1n) is 11.1. The molecule has 1 aromatic heterocycles. The van der Waals surface area contributed by atoms with Crippen molar-refractivity contribution in [3.05, 3.63) is 59.2 Å². The van der Waals surface area contributed by atoms with E-state index in [2.05, 4.69) is 61.5 Å². The maximum Gasteiger partial charge on any atom is 0.416 e. The molecule has 6 heteroatoms. The summed E-state index contributed by atoms with van der Waals surface area (Å²) in [5.74, 6) is 0.494. The van der Waals surface area contributed by atoms with Crippen LogP contribution in [0.25, 0.3) is 11.0 Å². The lowest BCUT2D eigenvalue weighted by molar-refractivity contribution is -0.137. The Kier molecular flexibility index (Phi) is 7.73. The molecule has 0 aliphatic rings. The maximum atomic E-state index is 13.2. The van der Waals surface area contributed by atoms with Crippen LogP contribution in [0.3, 0.4) is 0 Å². The van der Waals surface area contributed by atoms with Crippen molar-refractivity contribution < 1.29 is 13.2 Å². The number of alkyl halides is 3. The monoisotopic (exact) mass is 448 g/mol. The Labute approximate surface area is 187 Å². The topological polar surface area (TPSA) is 17.8 Å². The molecule has 1 unspecified atom stereocenters. The van der Waals surface area contributed by atoms with E-state index in [-0.39, 0.29) is 5.25 Å². The second-order valence-electron chi connectivity index (χ2n) is 8.43. The number of unbranched alkanes of at least 4 members (excludes halogenated alkanes) is 1. The van der Waals surface area contributed by atoms with Gasteiger partial charge in [0.05, 0.1) is 16.6 Å². The second-order valence-corrected chi connectivity index (χ2v) is 9.60. The van der Waals surface area contributed by atoms with Crippen LogP contribution in [0, 0.1) is 5.92 Å². The molecule has 0 aliphatic heterocycles. The summed E-state index contributed by atoms with van der Waals surface area (Å²) < 4.78 is 41.8. The van der Waals surface area contributed by atoms with Crippen molar-refractivity contribution in [2.24, 2.45) is 5.92 Å². The van der Waals surface area contributed by atoms with Gasteiger partial charge in [-0.25, -0.2) is 4.98 Å². The van der Waals surface area contributed by atoms with E-state index >= 15 is 0 Å². The number of benzene rings is 2. The van der Waals surface area contributed by atoms with Gasteiger partial charge in [-0.1, -0.05) is 70.1 Å². The highest BCUT2D eigenvalue weighted by Crippen LogP contribution is 2.41. The number of rotatable bonds is 9. The summed E-state index contributed by atoms with van der Waals surface area (Å²) in [6.45, 7) is 9.41. The summed E-state index contributed by atoms with van der Waals surface area (Å²) in [4.78, 5) is 4.67. The van der Waals surface area contributed by atoms with E-state index in [1.54, 1.807) is 17.8 Å². The molecule has 0 saturated heterocycles. The van der Waals surface area contributed by atoms with E-state index in [0.717, 1.165) is 49.0 Å². The summed E-state index contributed by atoms with van der Waals surface area (Å²) in [5, 5.41) is 0.998.